The zero-order valence-corrected chi connectivity index (χ0v) is 14.5. The molecule has 0 saturated heterocycles. The molecule has 1 aromatic rings. The molecule has 100 valence electrons. The first-order valence-corrected chi connectivity index (χ1v) is 8.02. The van der Waals surface area contributed by atoms with Gasteiger partial charge in [0.15, 0.2) is 0 Å². The molecule has 0 spiro atoms. The van der Waals surface area contributed by atoms with Crippen molar-refractivity contribution in [3.05, 3.63) is 29.8 Å². The topological polar surface area (TPSA) is 51.1 Å². The Morgan fingerprint density at radius 1 is 1.28 bits per heavy atom. The SMILES string of the molecule is CCCCCNC(=O)Cn1cc(I)c(=O)c(I)c1. The van der Waals surface area contributed by atoms with E-state index in [1.807, 2.05) is 45.2 Å². The van der Waals surface area contributed by atoms with Crippen LogP contribution in [0.2, 0.25) is 0 Å². The maximum atomic E-state index is 11.7. The second-order valence-electron chi connectivity index (χ2n) is 4.01. The highest BCUT2D eigenvalue weighted by Gasteiger charge is 2.06. The van der Waals surface area contributed by atoms with Crippen molar-refractivity contribution < 1.29 is 4.79 Å². The Hall–Kier alpha value is -0.120. The van der Waals surface area contributed by atoms with Gasteiger partial charge in [0.1, 0.15) is 6.54 Å². The molecule has 0 atom stereocenters. The van der Waals surface area contributed by atoms with Crippen LogP contribution >= 0.6 is 45.2 Å². The smallest absolute Gasteiger partial charge is 0.239 e. The normalized spacial score (nSPS) is 10.4. The second kappa shape index (κ2) is 8.13. The zero-order valence-electron chi connectivity index (χ0n) is 10.2. The van der Waals surface area contributed by atoms with Crippen LogP contribution in [-0.4, -0.2) is 17.0 Å². The van der Waals surface area contributed by atoms with Gasteiger partial charge in [0.2, 0.25) is 11.3 Å². The average molecular weight is 474 g/mol. The molecule has 4 nitrogen and oxygen atoms in total. The van der Waals surface area contributed by atoms with Gasteiger partial charge >= 0.3 is 0 Å². The molecule has 0 saturated carbocycles. The van der Waals surface area contributed by atoms with Gasteiger partial charge < -0.3 is 9.88 Å². The van der Waals surface area contributed by atoms with Gasteiger partial charge in [-0.1, -0.05) is 19.8 Å². The Morgan fingerprint density at radius 2 is 1.89 bits per heavy atom. The summed E-state index contributed by atoms with van der Waals surface area (Å²) in [6.45, 7) is 3.12. The summed E-state index contributed by atoms with van der Waals surface area (Å²) in [7, 11) is 0. The summed E-state index contributed by atoms with van der Waals surface area (Å²) in [6.07, 6.45) is 6.70. The van der Waals surface area contributed by atoms with Crippen molar-refractivity contribution in [3.8, 4) is 0 Å². The van der Waals surface area contributed by atoms with E-state index in [0.29, 0.717) is 7.14 Å². The third-order valence-corrected chi connectivity index (χ3v) is 3.96. The van der Waals surface area contributed by atoms with E-state index < -0.39 is 0 Å². The van der Waals surface area contributed by atoms with Crippen molar-refractivity contribution in [1.29, 1.82) is 0 Å². The molecule has 0 fully saturated rings. The van der Waals surface area contributed by atoms with Gasteiger partial charge in [-0.3, -0.25) is 9.59 Å². The number of nitrogens with one attached hydrogen (secondary N) is 1. The van der Waals surface area contributed by atoms with Crippen LogP contribution in [0, 0.1) is 7.14 Å². The predicted molar refractivity (Wildman–Crippen MR) is 88.7 cm³/mol. The number of hydrogen-bond donors (Lipinski definition) is 1. The third kappa shape index (κ3) is 5.25. The Labute approximate surface area is 134 Å². The lowest BCUT2D eigenvalue weighted by atomic mass is 10.2. The van der Waals surface area contributed by atoms with Crippen molar-refractivity contribution in [3.63, 3.8) is 0 Å². The first-order valence-electron chi connectivity index (χ1n) is 5.86. The number of unbranched alkanes of at least 4 members (excludes halogenated alkanes) is 2. The maximum absolute atomic E-state index is 11.7. The highest BCUT2D eigenvalue weighted by molar-refractivity contribution is 14.1. The highest BCUT2D eigenvalue weighted by Crippen LogP contribution is 2.03. The van der Waals surface area contributed by atoms with Gasteiger partial charge in [-0.2, -0.15) is 0 Å². The van der Waals surface area contributed by atoms with Crippen molar-refractivity contribution in [2.45, 2.75) is 32.7 Å². The van der Waals surface area contributed by atoms with Gasteiger partial charge in [0.05, 0.1) is 7.14 Å². The monoisotopic (exact) mass is 474 g/mol. The minimum absolute atomic E-state index is 0.0126. The molecule has 1 heterocycles. The lowest BCUT2D eigenvalue weighted by Gasteiger charge is -2.08. The molecule has 1 N–H and O–H groups in total. The number of aromatic nitrogens is 1. The van der Waals surface area contributed by atoms with Crippen LogP contribution in [0.5, 0.6) is 0 Å². The van der Waals surface area contributed by atoms with E-state index in [1.54, 1.807) is 17.0 Å². The predicted octanol–water partition coefficient (Wildman–Crippen LogP) is 2.36. The van der Waals surface area contributed by atoms with Crippen LogP contribution in [0.1, 0.15) is 26.2 Å². The van der Waals surface area contributed by atoms with Gasteiger partial charge in [-0.15, -0.1) is 0 Å². The van der Waals surface area contributed by atoms with Gasteiger partial charge in [0, 0.05) is 18.9 Å². The molecule has 0 aliphatic carbocycles. The Balaban J connectivity index is 2.52. The van der Waals surface area contributed by atoms with E-state index in [1.165, 1.54) is 0 Å². The van der Waals surface area contributed by atoms with E-state index in [0.717, 1.165) is 25.8 Å². The Kier molecular flexibility index (Phi) is 7.20. The number of amides is 1. The Bertz CT molecular complexity index is 445. The molecular formula is C12H16I2N2O2. The molecule has 0 aliphatic rings. The summed E-state index contributed by atoms with van der Waals surface area (Å²) in [6, 6.07) is 0. The number of halogens is 2. The van der Waals surface area contributed by atoms with Crippen LogP contribution in [0.25, 0.3) is 0 Å². The van der Waals surface area contributed by atoms with Crippen molar-refractivity contribution in [2.75, 3.05) is 6.54 Å². The molecule has 0 unspecified atom stereocenters. The van der Waals surface area contributed by atoms with E-state index >= 15 is 0 Å². The first kappa shape index (κ1) is 15.9. The summed E-state index contributed by atoms with van der Waals surface area (Å²) < 4.78 is 3.02. The highest BCUT2D eigenvalue weighted by atomic mass is 127. The van der Waals surface area contributed by atoms with Crippen LogP contribution in [-0.2, 0) is 11.3 Å². The number of pyridine rings is 1. The minimum atomic E-state index is -0.0126. The summed E-state index contributed by atoms with van der Waals surface area (Å²) in [5.74, 6) is -0.0126. The average Bonchev–Trinajstić information content (AvgIpc) is 2.31. The van der Waals surface area contributed by atoms with Gasteiger partial charge in [-0.05, 0) is 51.6 Å². The molecule has 1 aromatic heterocycles. The van der Waals surface area contributed by atoms with Crippen molar-refractivity contribution in [2.24, 2.45) is 0 Å². The number of carbonyl (C=O) groups excluding carboxylic acids is 1. The van der Waals surface area contributed by atoms with Crippen molar-refractivity contribution in [1.82, 2.24) is 9.88 Å². The lowest BCUT2D eigenvalue weighted by molar-refractivity contribution is -0.121. The van der Waals surface area contributed by atoms with Crippen LogP contribution < -0.4 is 10.7 Å². The molecule has 0 radical (unpaired) electrons. The summed E-state index contributed by atoms with van der Waals surface area (Å²) >= 11 is 3.98. The fourth-order valence-electron chi connectivity index (χ4n) is 1.48. The number of nitrogens with zero attached hydrogens (tertiary/aromatic N) is 1. The maximum Gasteiger partial charge on any atom is 0.239 e. The second-order valence-corrected chi connectivity index (χ2v) is 6.34. The number of rotatable bonds is 6. The fourth-order valence-corrected chi connectivity index (χ4v) is 3.29. The van der Waals surface area contributed by atoms with Crippen molar-refractivity contribution >= 4 is 51.1 Å². The van der Waals surface area contributed by atoms with E-state index in [-0.39, 0.29) is 17.9 Å². The molecule has 6 heteroatoms. The van der Waals surface area contributed by atoms with Crippen LogP contribution in [0.15, 0.2) is 17.2 Å². The number of hydrogen-bond acceptors (Lipinski definition) is 2. The zero-order chi connectivity index (χ0) is 13.5. The molecule has 0 bridgehead atoms. The Morgan fingerprint density at radius 3 is 2.44 bits per heavy atom. The van der Waals surface area contributed by atoms with E-state index in [4.69, 9.17) is 0 Å². The molecule has 18 heavy (non-hydrogen) atoms. The fraction of sp³-hybridized carbons (Fsp3) is 0.500. The molecule has 1 rings (SSSR count). The molecular weight excluding hydrogens is 458 g/mol. The van der Waals surface area contributed by atoms with Gasteiger partial charge in [0.25, 0.3) is 0 Å². The standard InChI is InChI=1S/C12H16I2N2O2/c1-2-3-4-5-15-11(17)8-16-6-9(13)12(18)10(14)7-16/h6-7H,2-5,8H2,1H3,(H,15,17). The minimum Gasteiger partial charge on any atom is -0.355 e. The molecule has 0 aliphatic heterocycles. The van der Waals surface area contributed by atoms with E-state index in [9.17, 15) is 9.59 Å². The van der Waals surface area contributed by atoms with E-state index in [2.05, 4.69) is 12.2 Å². The van der Waals surface area contributed by atoms with Crippen LogP contribution in [0.3, 0.4) is 0 Å². The summed E-state index contributed by atoms with van der Waals surface area (Å²) in [5, 5.41) is 2.88. The van der Waals surface area contributed by atoms with Crippen LogP contribution in [0.4, 0.5) is 0 Å². The first-order chi connectivity index (χ1) is 8.54. The third-order valence-electron chi connectivity index (χ3n) is 2.42. The molecule has 1 amide bonds. The number of carbonyl (C=O) groups is 1. The quantitative estimate of drug-likeness (QED) is 0.509. The largest absolute Gasteiger partial charge is 0.355 e. The summed E-state index contributed by atoms with van der Waals surface area (Å²) in [4.78, 5) is 23.2. The summed E-state index contributed by atoms with van der Waals surface area (Å²) in [5.41, 5.74) is 0.0239. The lowest BCUT2D eigenvalue weighted by Crippen LogP contribution is -2.29. The molecule has 0 aromatic carbocycles. The van der Waals surface area contributed by atoms with Gasteiger partial charge in [-0.25, -0.2) is 0 Å².